The minimum Gasteiger partial charge on any atom is -0.492 e. The summed E-state index contributed by atoms with van der Waals surface area (Å²) in [7, 11) is -0.426. The fourth-order valence-electron chi connectivity index (χ4n) is 1.62. The Morgan fingerprint density at radius 1 is 1.29 bits per heavy atom. The Balaban J connectivity index is 2.33. The van der Waals surface area contributed by atoms with E-state index >= 15 is 0 Å². The van der Waals surface area contributed by atoms with Crippen LogP contribution in [-0.4, -0.2) is 36.6 Å². The molecule has 1 aromatic carbocycles. The first kappa shape index (κ1) is 13.9. The van der Waals surface area contributed by atoms with Crippen LogP contribution in [0.25, 0.3) is 0 Å². The van der Waals surface area contributed by atoms with Crippen molar-refractivity contribution in [1.29, 1.82) is 0 Å². The summed E-state index contributed by atoms with van der Waals surface area (Å²) in [5.41, 5.74) is 6.32. The summed E-state index contributed by atoms with van der Waals surface area (Å²) in [5.74, 6) is 0.807. The van der Waals surface area contributed by atoms with Crippen molar-refractivity contribution in [2.75, 3.05) is 25.4 Å². The predicted molar refractivity (Wildman–Crippen MR) is 72.1 cm³/mol. The zero-order chi connectivity index (χ0) is 12.7. The van der Waals surface area contributed by atoms with E-state index in [2.05, 4.69) is 6.92 Å². The molecule has 3 N–H and O–H groups in total. The van der Waals surface area contributed by atoms with Crippen molar-refractivity contribution in [1.82, 2.24) is 4.81 Å². The molecule has 17 heavy (non-hydrogen) atoms. The van der Waals surface area contributed by atoms with Gasteiger partial charge < -0.3 is 20.3 Å². The van der Waals surface area contributed by atoms with Crippen LogP contribution in [0.4, 0.5) is 5.69 Å². The van der Waals surface area contributed by atoms with Gasteiger partial charge in [-0.2, -0.15) is 0 Å². The highest BCUT2D eigenvalue weighted by Gasteiger charge is 2.14. The molecule has 0 aliphatic heterocycles. The average molecular weight is 236 g/mol. The van der Waals surface area contributed by atoms with Gasteiger partial charge in [0.2, 0.25) is 0 Å². The quantitative estimate of drug-likeness (QED) is 0.556. The number of rotatable bonds is 7. The topological polar surface area (TPSA) is 58.7 Å². The summed E-state index contributed by atoms with van der Waals surface area (Å²) in [4.78, 5) is 1.98. The lowest BCUT2D eigenvalue weighted by atomic mass is 9.85. The van der Waals surface area contributed by atoms with E-state index in [0.717, 1.165) is 30.9 Å². The van der Waals surface area contributed by atoms with E-state index in [1.54, 1.807) is 6.82 Å². The van der Waals surface area contributed by atoms with Gasteiger partial charge in [0.15, 0.2) is 0 Å². The summed E-state index contributed by atoms with van der Waals surface area (Å²) in [6.45, 7) is 6.03. The van der Waals surface area contributed by atoms with Gasteiger partial charge in [-0.05, 0) is 44.1 Å². The van der Waals surface area contributed by atoms with Gasteiger partial charge in [0.1, 0.15) is 5.75 Å². The van der Waals surface area contributed by atoms with Crippen LogP contribution in [0.15, 0.2) is 24.3 Å². The van der Waals surface area contributed by atoms with Crippen LogP contribution in [-0.2, 0) is 0 Å². The lowest BCUT2D eigenvalue weighted by molar-refractivity contribution is 0.258. The van der Waals surface area contributed by atoms with E-state index in [0.29, 0.717) is 6.61 Å². The molecule has 0 radical (unpaired) electrons. The van der Waals surface area contributed by atoms with Crippen LogP contribution in [0.3, 0.4) is 0 Å². The molecule has 0 saturated heterocycles. The Morgan fingerprint density at radius 2 is 1.94 bits per heavy atom. The number of benzene rings is 1. The standard InChI is InChI=1S/C12H21BN2O2/c1-3-8-15(13(2)16)9-10-17-12-6-4-11(14)5-7-12/h4-7,16H,3,8-10,14H2,1-2H3. The smallest absolute Gasteiger partial charge is 0.376 e. The third-order valence-corrected chi connectivity index (χ3v) is 2.57. The molecule has 0 fully saturated rings. The molecule has 94 valence electrons. The highest BCUT2D eigenvalue weighted by atomic mass is 16.5. The van der Waals surface area contributed by atoms with Crippen LogP contribution < -0.4 is 10.5 Å². The van der Waals surface area contributed by atoms with Gasteiger partial charge >= 0.3 is 7.05 Å². The molecule has 5 heteroatoms. The molecule has 1 aromatic rings. The first-order valence-electron chi connectivity index (χ1n) is 6.04. The van der Waals surface area contributed by atoms with Crippen molar-refractivity contribution < 1.29 is 9.76 Å². The average Bonchev–Trinajstić information content (AvgIpc) is 2.30. The number of nitrogen functional groups attached to an aromatic ring is 1. The second kappa shape index (κ2) is 7.19. The number of nitrogens with two attached hydrogens (primary N) is 1. The largest absolute Gasteiger partial charge is 0.492 e. The van der Waals surface area contributed by atoms with Crippen molar-refractivity contribution in [3.8, 4) is 5.75 Å². The van der Waals surface area contributed by atoms with Crippen LogP contribution in [0.2, 0.25) is 6.82 Å². The van der Waals surface area contributed by atoms with E-state index < -0.39 is 7.05 Å². The van der Waals surface area contributed by atoms with Gasteiger partial charge in [-0.1, -0.05) is 6.92 Å². The van der Waals surface area contributed by atoms with E-state index in [9.17, 15) is 5.02 Å². The van der Waals surface area contributed by atoms with Crippen LogP contribution >= 0.6 is 0 Å². The number of hydrogen-bond acceptors (Lipinski definition) is 4. The Labute approximate surface area is 104 Å². The minimum atomic E-state index is -0.426. The van der Waals surface area contributed by atoms with E-state index in [-0.39, 0.29) is 0 Å². The van der Waals surface area contributed by atoms with Gasteiger partial charge in [-0.3, -0.25) is 0 Å². The summed E-state index contributed by atoms with van der Waals surface area (Å²) in [6, 6.07) is 7.32. The number of hydrogen-bond donors (Lipinski definition) is 2. The molecule has 4 nitrogen and oxygen atoms in total. The van der Waals surface area contributed by atoms with E-state index in [1.165, 1.54) is 0 Å². The lowest BCUT2D eigenvalue weighted by Gasteiger charge is -2.22. The summed E-state index contributed by atoms with van der Waals surface area (Å²) in [5, 5.41) is 9.53. The van der Waals surface area contributed by atoms with Gasteiger partial charge in [-0.15, -0.1) is 0 Å². The maximum atomic E-state index is 9.53. The molecule has 0 heterocycles. The van der Waals surface area contributed by atoms with Gasteiger partial charge in [0.25, 0.3) is 0 Å². The molecular formula is C12H21BN2O2. The summed E-state index contributed by atoms with van der Waals surface area (Å²) < 4.78 is 5.58. The molecule has 0 atom stereocenters. The summed E-state index contributed by atoms with van der Waals surface area (Å²) >= 11 is 0. The SMILES string of the molecule is CCCN(CCOc1ccc(N)cc1)B(C)O. The van der Waals surface area contributed by atoms with Gasteiger partial charge in [-0.25, -0.2) is 0 Å². The molecule has 0 bridgehead atoms. The zero-order valence-corrected chi connectivity index (χ0v) is 10.6. The molecular weight excluding hydrogens is 215 g/mol. The molecule has 0 aromatic heterocycles. The molecule has 0 unspecified atom stereocenters. The zero-order valence-electron chi connectivity index (χ0n) is 10.6. The molecule has 0 amide bonds. The molecule has 0 aliphatic carbocycles. The van der Waals surface area contributed by atoms with Crippen molar-refractivity contribution in [2.45, 2.75) is 20.2 Å². The Kier molecular flexibility index (Phi) is 5.87. The van der Waals surface area contributed by atoms with Crippen LogP contribution in [0.1, 0.15) is 13.3 Å². The second-order valence-electron chi connectivity index (χ2n) is 4.09. The molecule has 0 aliphatic rings. The fraction of sp³-hybridized carbons (Fsp3) is 0.500. The van der Waals surface area contributed by atoms with Crippen LogP contribution in [0.5, 0.6) is 5.75 Å². The van der Waals surface area contributed by atoms with Gasteiger partial charge in [0.05, 0.1) is 6.61 Å². The molecule has 0 spiro atoms. The van der Waals surface area contributed by atoms with Crippen molar-refractivity contribution in [3.63, 3.8) is 0 Å². The predicted octanol–water partition coefficient (Wildman–Crippen LogP) is 1.47. The van der Waals surface area contributed by atoms with Gasteiger partial charge in [0, 0.05) is 12.2 Å². The number of anilines is 1. The summed E-state index contributed by atoms with van der Waals surface area (Å²) in [6.07, 6.45) is 1.02. The first-order valence-corrected chi connectivity index (χ1v) is 6.04. The lowest BCUT2D eigenvalue weighted by Crippen LogP contribution is -2.40. The number of nitrogens with zero attached hydrogens (tertiary/aromatic N) is 1. The maximum Gasteiger partial charge on any atom is 0.376 e. The Morgan fingerprint density at radius 3 is 2.47 bits per heavy atom. The number of ether oxygens (including phenoxy) is 1. The first-order chi connectivity index (χ1) is 8.13. The monoisotopic (exact) mass is 236 g/mol. The molecule has 0 saturated carbocycles. The maximum absolute atomic E-state index is 9.53. The van der Waals surface area contributed by atoms with Crippen molar-refractivity contribution in [3.05, 3.63) is 24.3 Å². The van der Waals surface area contributed by atoms with Crippen molar-refractivity contribution >= 4 is 12.7 Å². The fourth-order valence-corrected chi connectivity index (χ4v) is 1.62. The Bertz CT molecular complexity index is 317. The highest BCUT2D eigenvalue weighted by Crippen LogP contribution is 2.12. The third kappa shape index (κ3) is 5.11. The molecule has 1 rings (SSSR count). The second-order valence-corrected chi connectivity index (χ2v) is 4.09. The Hall–Kier alpha value is -1.20. The van der Waals surface area contributed by atoms with Crippen LogP contribution in [0, 0.1) is 0 Å². The van der Waals surface area contributed by atoms with E-state index in [1.807, 2.05) is 29.1 Å². The van der Waals surface area contributed by atoms with Crippen molar-refractivity contribution in [2.24, 2.45) is 0 Å². The minimum absolute atomic E-state index is 0.426. The highest BCUT2D eigenvalue weighted by molar-refractivity contribution is 6.45. The van der Waals surface area contributed by atoms with E-state index in [4.69, 9.17) is 10.5 Å². The third-order valence-electron chi connectivity index (χ3n) is 2.57. The normalized spacial score (nSPS) is 10.6.